The number of nitrogens with zero attached hydrogens (tertiary/aromatic N) is 1. The highest BCUT2D eigenvalue weighted by Gasteiger charge is 2.52. The van der Waals surface area contributed by atoms with Gasteiger partial charge in [0.25, 0.3) is 0 Å². The zero-order valence-electron chi connectivity index (χ0n) is 11.8. The highest BCUT2D eigenvalue weighted by atomic mass is 16.7. The molecule has 0 spiro atoms. The third-order valence-corrected chi connectivity index (χ3v) is 3.72. The molecular weight excluding hydrogens is 227 g/mol. The lowest BCUT2D eigenvalue weighted by atomic mass is 9.83. The molecular formula is C13H21BN2O2. The molecule has 2 rings (SSSR count). The molecule has 0 bridgehead atoms. The van der Waals surface area contributed by atoms with Gasteiger partial charge in [-0.15, -0.1) is 0 Å². The molecule has 0 unspecified atom stereocenters. The Morgan fingerprint density at radius 2 is 1.83 bits per heavy atom. The van der Waals surface area contributed by atoms with Gasteiger partial charge in [-0.25, -0.2) is 0 Å². The molecule has 1 aromatic heterocycles. The summed E-state index contributed by atoms with van der Waals surface area (Å²) in [4.78, 5) is 4.36. The molecule has 0 aromatic carbocycles. The summed E-state index contributed by atoms with van der Waals surface area (Å²) in [6.45, 7) is 9.00. The fourth-order valence-electron chi connectivity index (χ4n) is 1.90. The number of aromatic nitrogens is 1. The maximum absolute atomic E-state index is 5.98. The van der Waals surface area contributed by atoms with Crippen molar-refractivity contribution in [1.29, 1.82) is 0 Å². The summed E-state index contributed by atoms with van der Waals surface area (Å²) in [5, 5.41) is 3.12. The molecule has 0 aliphatic carbocycles. The van der Waals surface area contributed by atoms with Gasteiger partial charge in [-0.1, -0.05) is 0 Å². The Kier molecular flexibility index (Phi) is 3.49. The van der Waals surface area contributed by atoms with Gasteiger partial charge in [0.2, 0.25) is 0 Å². The predicted octanol–water partition coefficient (Wildman–Crippen LogP) is 1.10. The van der Waals surface area contributed by atoms with Gasteiger partial charge >= 0.3 is 7.12 Å². The summed E-state index contributed by atoms with van der Waals surface area (Å²) in [5.74, 6) is 0. The van der Waals surface area contributed by atoms with Crippen LogP contribution in [0.2, 0.25) is 0 Å². The van der Waals surface area contributed by atoms with Gasteiger partial charge in [0.15, 0.2) is 0 Å². The first-order valence-electron chi connectivity index (χ1n) is 6.31. The lowest BCUT2D eigenvalue weighted by molar-refractivity contribution is 0.00578. The molecule has 2 heterocycles. The van der Waals surface area contributed by atoms with Gasteiger partial charge in [0.1, 0.15) is 0 Å². The van der Waals surface area contributed by atoms with E-state index in [0.717, 1.165) is 12.1 Å². The third-order valence-electron chi connectivity index (χ3n) is 3.72. The Hall–Kier alpha value is -0.905. The van der Waals surface area contributed by atoms with Crippen molar-refractivity contribution in [1.82, 2.24) is 10.3 Å². The quantitative estimate of drug-likeness (QED) is 0.813. The third kappa shape index (κ3) is 2.43. The minimum atomic E-state index is -0.383. The van der Waals surface area contributed by atoms with E-state index >= 15 is 0 Å². The smallest absolute Gasteiger partial charge is 0.398 e. The summed E-state index contributed by atoms with van der Waals surface area (Å²) in [5.41, 5.74) is 1.37. The second-order valence-corrected chi connectivity index (χ2v) is 5.71. The first-order valence-corrected chi connectivity index (χ1v) is 6.31. The minimum Gasteiger partial charge on any atom is -0.398 e. The maximum atomic E-state index is 5.98. The Morgan fingerprint density at radius 3 is 2.39 bits per heavy atom. The molecule has 0 amide bonds. The van der Waals surface area contributed by atoms with Crippen LogP contribution in [-0.4, -0.2) is 30.4 Å². The van der Waals surface area contributed by atoms with Crippen LogP contribution in [0.5, 0.6) is 0 Å². The molecule has 18 heavy (non-hydrogen) atoms. The minimum absolute atomic E-state index is 0.321. The molecule has 1 N–H and O–H groups in total. The molecule has 1 aliphatic rings. The monoisotopic (exact) mass is 248 g/mol. The number of pyridine rings is 1. The molecule has 0 atom stereocenters. The van der Waals surface area contributed by atoms with Crippen LogP contribution in [0.25, 0.3) is 0 Å². The standard InChI is InChI=1S/C13H21BN2O2/c1-12(2)13(3,4)18-14(17-12)11-8-10(9-15-5)6-7-16-11/h6-8,15H,9H2,1-5H3. The average molecular weight is 248 g/mol. The SMILES string of the molecule is CNCc1ccnc(B2OC(C)(C)C(C)(C)O2)c1. The molecule has 0 radical (unpaired) electrons. The van der Waals surface area contributed by atoms with E-state index in [4.69, 9.17) is 9.31 Å². The van der Waals surface area contributed by atoms with E-state index in [1.807, 2.05) is 46.9 Å². The Labute approximate surface area is 109 Å². The molecule has 5 heteroatoms. The second-order valence-electron chi connectivity index (χ2n) is 5.71. The van der Waals surface area contributed by atoms with E-state index in [1.165, 1.54) is 5.56 Å². The Balaban J connectivity index is 2.21. The lowest BCUT2D eigenvalue weighted by Gasteiger charge is -2.32. The number of rotatable bonds is 3. The average Bonchev–Trinajstić information content (AvgIpc) is 2.49. The Bertz CT molecular complexity index is 419. The van der Waals surface area contributed by atoms with Crippen molar-refractivity contribution in [3.63, 3.8) is 0 Å². The molecule has 1 fully saturated rings. The summed E-state index contributed by atoms with van der Waals surface area (Å²) in [6, 6.07) is 4.02. The maximum Gasteiger partial charge on any atom is 0.514 e. The van der Waals surface area contributed by atoms with Crippen molar-refractivity contribution in [2.45, 2.75) is 45.4 Å². The van der Waals surface area contributed by atoms with Crippen LogP contribution in [0, 0.1) is 0 Å². The fourth-order valence-corrected chi connectivity index (χ4v) is 1.90. The molecule has 4 nitrogen and oxygen atoms in total. The first kappa shape index (κ1) is 13.5. The van der Waals surface area contributed by atoms with Crippen molar-refractivity contribution in [2.75, 3.05) is 7.05 Å². The van der Waals surface area contributed by atoms with Gasteiger partial charge in [-0.3, -0.25) is 4.98 Å². The summed E-state index contributed by atoms with van der Waals surface area (Å²) in [6.07, 6.45) is 1.80. The number of nitrogens with one attached hydrogen (secondary N) is 1. The van der Waals surface area contributed by atoms with Crippen molar-refractivity contribution in [2.24, 2.45) is 0 Å². The van der Waals surface area contributed by atoms with Crippen LogP contribution in [0.15, 0.2) is 18.3 Å². The summed E-state index contributed by atoms with van der Waals surface area (Å²) < 4.78 is 12.0. The van der Waals surface area contributed by atoms with Crippen LogP contribution in [0.3, 0.4) is 0 Å². The van der Waals surface area contributed by atoms with Crippen LogP contribution in [-0.2, 0) is 15.9 Å². The van der Waals surface area contributed by atoms with Crippen molar-refractivity contribution in [3.05, 3.63) is 23.9 Å². The van der Waals surface area contributed by atoms with E-state index < -0.39 is 0 Å². The zero-order valence-corrected chi connectivity index (χ0v) is 11.8. The van der Waals surface area contributed by atoms with E-state index in [1.54, 1.807) is 6.20 Å². The number of hydrogen-bond donors (Lipinski definition) is 1. The Morgan fingerprint density at radius 1 is 1.22 bits per heavy atom. The lowest BCUT2D eigenvalue weighted by Crippen LogP contribution is -2.41. The van der Waals surface area contributed by atoms with Crippen LogP contribution in [0.1, 0.15) is 33.3 Å². The highest BCUT2D eigenvalue weighted by Crippen LogP contribution is 2.36. The largest absolute Gasteiger partial charge is 0.514 e. The van der Waals surface area contributed by atoms with Gasteiger partial charge in [-0.05, 0) is 52.4 Å². The fraction of sp³-hybridized carbons (Fsp3) is 0.615. The van der Waals surface area contributed by atoms with Crippen LogP contribution < -0.4 is 10.9 Å². The van der Waals surface area contributed by atoms with E-state index in [0.29, 0.717) is 0 Å². The van der Waals surface area contributed by atoms with Crippen molar-refractivity contribution >= 4 is 12.7 Å². The predicted molar refractivity (Wildman–Crippen MR) is 72.7 cm³/mol. The van der Waals surface area contributed by atoms with E-state index in [2.05, 4.69) is 10.3 Å². The summed E-state index contributed by atoms with van der Waals surface area (Å²) >= 11 is 0. The van der Waals surface area contributed by atoms with E-state index in [9.17, 15) is 0 Å². The molecule has 1 aromatic rings. The van der Waals surface area contributed by atoms with Gasteiger partial charge in [0.05, 0.1) is 16.8 Å². The first-order chi connectivity index (χ1) is 8.36. The summed E-state index contributed by atoms with van der Waals surface area (Å²) in [7, 11) is 1.54. The molecule has 1 saturated heterocycles. The van der Waals surface area contributed by atoms with Gasteiger partial charge in [-0.2, -0.15) is 0 Å². The van der Waals surface area contributed by atoms with Crippen LogP contribution >= 0.6 is 0 Å². The van der Waals surface area contributed by atoms with E-state index in [-0.39, 0.29) is 18.3 Å². The van der Waals surface area contributed by atoms with Crippen molar-refractivity contribution in [3.8, 4) is 0 Å². The molecule has 0 saturated carbocycles. The highest BCUT2D eigenvalue weighted by molar-refractivity contribution is 6.61. The van der Waals surface area contributed by atoms with Gasteiger partial charge < -0.3 is 14.6 Å². The molecule has 1 aliphatic heterocycles. The normalized spacial score (nSPS) is 21.3. The zero-order chi connectivity index (χ0) is 13.4. The van der Waals surface area contributed by atoms with Crippen molar-refractivity contribution < 1.29 is 9.31 Å². The van der Waals surface area contributed by atoms with Gasteiger partial charge in [0, 0.05) is 12.7 Å². The molecule has 98 valence electrons. The topological polar surface area (TPSA) is 43.4 Å². The number of hydrogen-bond acceptors (Lipinski definition) is 4. The second kappa shape index (κ2) is 4.65. The van der Waals surface area contributed by atoms with Crippen LogP contribution in [0.4, 0.5) is 0 Å².